The number of sulfonamides is 1. The normalized spacial score (nSPS) is 11.8. The van der Waals surface area contributed by atoms with Gasteiger partial charge in [0.15, 0.2) is 5.58 Å². The van der Waals surface area contributed by atoms with E-state index in [0.717, 1.165) is 4.31 Å². The number of ether oxygens (including phenoxy) is 1. The molecule has 0 saturated carbocycles. The molecule has 0 aliphatic rings. The topological polar surface area (TPSA) is 98.8 Å². The van der Waals surface area contributed by atoms with E-state index < -0.39 is 27.6 Å². The predicted octanol–water partition coefficient (Wildman–Crippen LogP) is 2.91. The van der Waals surface area contributed by atoms with Gasteiger partial charge in [0.25, 0.3) is 10.0 Å². The highest BCUT2D eigenvalue weighted by atomic mass is 32.2. The molecule has 0 unspecified atom stereocenters. The molecule has 0 aliphatic carbocycles. The summed E-state index contributed by atoms with van der Waals surface area (Å²) in [7, 11) is -2.72. The number of nitrogens with zero attached hydrogens (tertiary/aromatic N) is 2. The van der Waals surface area contributed by atoms with Crippen molar-refractivity contribution in [3.8, 4) is 5.75 Å². The van der Waals surface area contributed by atoms with E-state index in [-0.39, 0.29) is 16.2 Å². The van der Waals surface area contributed by atoms with Crippen LogP contribution < -0.4 is 14.8 Å². The summed E-state index contributed by atoms with van der Waals surface area (Å²) in [6.07, 6.45) is 0. The highest BCUT2D eigenvalue weighted by Crippen LogP contribution is 2.29. The summed E-state index contributed by atoms with van der Waals surface area (Å²) in [6, 6.07) is 10.3. The van der Waals surface area contributed by atoms with Crippen LogP contribution in [0.15, 0.2) is 56.6 Å². The zero-order valence-corrected chi connectivity index (χ0v) is 17.4. The number of amides is 1. The van der Waals surface area contributed by atoms with Gasteiger partial charge in [0, 0.05) is 19.0 Å². The van der Waals surface area contributed by atoms with E-state index in [4.69, 9.17) is 9.15 Å². The second-order valence-corrected chi connectivity index (χ2v) is 8.53. The Bertz CT molecular complexity index is 1210. The van der Waals surface area contributed by atoms with Crippen LogP contribution in [-0.2, 0) is 21.9 Å². The summed E-state index contributed by atoms with van der Waals surface area (Å²) in [4.78, 5) is 24.4. The molecule has 1 aromatic heterocycles. The Labute approximate surface area is 168 Å². The lowest BCUT2D eigenvalue weighted by molar-refractivity contribution is -0.120. The molecule has 0 N–H and O–H groups in total. The number of carbonyl (C=O) groups is 1. The Balaban J connectivity index is 2.13. The van der Waals surface area contributed by atoms with Crippen LogP contribution in [-0.4, -0.2) is 25.5 Å². The van der Waals surface area contributed by atoms with Crippen LogP contribution in [0, 0.1) is 5.92 Å². The summed E-state index contributed by atoms with van der Waals surface area (Å²) >= 11 is 0. The molecule has 9 heteroatoms. The Morgan fingerprint density at radius 3 is 2.41 bits per heavy atom. The Morgan fingerprint density at radius 1 is 1.17 bits per heavy atom. The average molecular weight is 418 g/mol. The second-order valence-electron chi connectivity index (χ2n) is 6.75. The fraction of sp³-hybridized carbons (Fsp3) is 0.300. The molecule has 0 saturated heterocycles. The Morgan fingerprint density at radius 2 is 1.83 bits per heavy atom. The zero-order chi connectivity index (χ0) is 21.3. The standard InChI is InChI=1S/C20H22N2O6S/c1-5-27-15-8-6-14(7-9-15)22(19(23)13(2)3)29(25,26)16-10-11-17-18(12-16)28-20(24)21(17)4/h6-13H,5H2,1-4H3. The molecule has 0 spiro atoms. The summed E-state index contributed by atoms with van der Waals surface area (Å²) in [5.41, 5.74) is 0.778. The number of aromatic nitrogens is 1. The van der Waals surface area contributed by atoms with Crippen LogP contribution in [0.3, 0.4) is 0 Å². The van der Waals surface area contributed by atoms with Gasteiger partial charge >= 0.3 is 5.76 Å². The predicted molar refractivity (Wildman–Crippen MR) is 109 cm³/mol. The van der Waals surface area contributed by atoms with Crippen molar-refractivity contribution in [2.24, 2.45) is 13.0 Å². The first-order valence-corrected chi connectivity index (χ1v) is 10.5. The number of anilines is 1. The molecule has 29 heavy (non-hydrogen) atoms. The highest BCUT2D eigenvalue weighted by molar-refractivity contribution is 7.93. The fourth-order valence-electron chi connectivity index (χ4n) is 2.84. The number of fused-ring (bicyclic) bond motifs is 1. The van der Waals surface area contributed by atoms with Gasteiger partial charge < -0.3 is 9.15 Å². The number of rotatable bonds is 6. The summed E-state index contributed by atoms with van der Waals surface area (Å²) in [5.74, 6) is -1.17. The van der Waals surface area contributed by atoms with Crippen molar-refractivity contribution < 1.29 is 22.4 Å². The molecule has 0 fully saturated rings. The number of hydrogen-bond donors (Lipinski definition) is 0. The molecule has 0 atom stereocenters. The molecule has 3 aromatic rings. The average Bonchev–Trinajstić information content (AvgIpc) is 2.96. The van der Waals surface area contributed by atoms with Crippen molar-refractivity contribution in [1.29, 1.82) is 0 Å². The zero-order valence-electron chi connectivity index (χ0n) is 16.6. The van der Waals surface area contributed by atoms with Crippen molar-refractivity contribution in [2.45, 2.75) is 25.7 Å². The molecule has 154 valence electrons. The van der Waals surface area contributed by atoms with Crippen molar-refractivity contribution >= 4 is 32.7 Å². The lowest BCUT2D eigenvalue weighted by Crippen LogP contribution is -2.39. The van der Waals surface area contributed by atoms with E-state index in [1.807, 2.05) is 6.92 Å². The Kier molecular flexibility index (Phi) is 5.52. The van der Waals surface area contributed by atoms with E-state index in [2.05, 4.69) is 0 Å². The molecule has 3 rings (SSSR count). The van der Waals surface area contributed by atoms with E-state index in [1.54, 1.807) is 26.0 Å². The van der Waals surface area contributed by atoms with Crippen molar-refractivity contribution in [3.05, 3.63) is 53.0 Å². The Hall–Kier alpha value is -3.07. The minimum Gasteiger partial charge on any atom is -0.494 e. The molecule has 0 bridgehead atoms. The van der Waals surface area contributed by atoms with Gasteiger partial charge in [0.1, 0.15) is 5.75 Å². The maximum Gasteiger partial charge on any atom is 0.419 e. The maximum absolute atomic E-state index is 13.4. The molecule has 8 nitrogen and oxygen atoms in total. The first-order valence-electron chi connectivity index (χ1n) is 9.08. The minimum atomic E-state index is -4.25. The number of carbonyl (C=O) groups excluding carboxylic acids is 1. The number of hydrogen-bond acceptors (Lipinski definition) is 6. The molecule has 0 aliphatic heterocycles. The third-order valence-corrected chi connectivity index (χ3v) is 6.10. The smallest absolute Gasteiger partial charge is 0.419 e. The number of oxazole rings is 1. The molecular formula is C20H22N2O6S. The fourth-order valence-corrected chi connectivity index (χ4v) is 4.40. The third kappa shape index (κ3) is 3.77. The monoisotopic (exact) mass is 418 g/mol. The van der Waals surface area contributed by atoms with E-state index in [1.165, 1.54) is 41.9 Å². The van der Waals surface area contributed by atoms with Crippen LogP contribution in [0.2, 0.25) is 0 Å². The van der Waals surface area contributed by atoms with Gasteiger partial charge in [0.05, 0.1) is 22.7 Å². The van der Waals surface area contributed by atoms with Gasteiger partial charge in [-0.25, -0.2) is 17.5 Å². The van der Waals surface area contributed by atoms with Gasteiger partial charge in [-0.2, -0.15) is 0 Å². The van der Waals surface area contributed by atoms with E-state index in [9.17, 15) is 18.0 Å². The molecule has 2 aromatic carbocycles. The van der Waals surface area contributed by atoms with Gasteiger partial charge in [-0.15, -0.1) is 0 Å². The van der Waals surface area contributed by atoms with Gasteiger partial charge in [-0.3, -0.25) is 9.36 Å². The molecule has 1 heterocycles. The summed E-state index contributed by atoms with van der Waals surface area (Å²) in [6.45, 7) is 5.55. The van der Waals surface area contributed by atoms with Crippen LogP contribution in [0.25, 0.3) is 11.1 Å². The van der Waals surface area contributed by atoms with Crippen molar-refractivity contribution in [1.82, 2.24) is 4.57 Å². The van der Waals surface area contributed by atoms with Crippen molar-refractivity contribution in [2.75, 3.05) is 10.9 Å². The van der Waals surface area contributed by atoms with E-state index >= 15 is 0 Å². The van der Waals surface area contributed by atoms with Crippen LogP contribution in [0.4, 0.5) is 5.69 Å². The minimum absolute atomic E-state index is 0.127. The number of aryl methyl sites for hydroxylation is 1. The first-order chi connectivity index (χ1) is 13.7. The van der Waals surface area contributed by atoms with Crippen molar-refractivity contribution in [3.63, 3.8) is 0 Å². The maximum atomic E-state index is 13.4. The highest BCUT2D eigenvalue weighted by Gasteiger charge is 2.33. The molecular weight excluding hydrogens is 396 g/mol. The lowest BCUT2D eigenvalue weighted by atomic mass is 10.2. The first kappa shape index (κ1) is 20.7. The quantitative estimate of drug-likeness (QED) is 0.610. The largest absolute Gasteiger partial charge is 0.494 e. The van der Waals surface area contributed by atoms with Crippen LogP contribution in [0.5, 0.6) is 5.75 Å². The molecule has 1 amide bonds. The number of benzene rings is 2. The summed E-state index contributed by atoms with van der Waals surface area (Å²) in [5, 5.41) is 0. The van der Waals surface area contributed by atoms with Gasteiger partial charge in [0.2, 0.25) is 5.91 Å². The SMILES string of the molecule is CCOc1ccc(N(C(=O)C(C)C)S(=O)(=O)c2ccc3c(c2)oc(=O)n3C)cc1. The molecule has 0 radical (unpaired) electrons. The van der Waals surface area contributed by atoms with Gasteiger partial charge in [-0.1, -0.05) is 13.8 Å². The van der Waals surface area contributed by atoms with E-state index in [0.29, 0.717) is 17.9 Å². The van der Waals surface area contributed by atoms with Crippen LogP contribution in [0.1, 0.15) is 20.8 Å². The third-order valence-electron chi connectivity index (χ3n) is 4.38. The van der Waals surface area contributed by atoms with Crippen LogP contribution >= 0.6 is 0 Å². The summed E-state index contributed by atoms with van der Waals surface area (Å²) < 4.78 is 39.3. The lowest BCUT2D eigenvalue weighted by Gasteiger charge is -2.24. The second kappa shape index (κ2) is 7.75. The van der Waals surface area contributed by atoms with Gasteiger partial charge in [-0.05, 0) is 43.3 Å².